The second-order valence-corrected chi connectivity index (χ2v) is 2.83. The van der Waals surface area contributed by atoms with Crippen LogP contribution in [0.5, 0.6) is 0 Å². The normalized spacial score (nSPS) is 8.87. The molecule has 1 aromatic heterocycles. The van der Waals surface area contributed by atoms with Crippen LogP contribution in [-0.2, 0) is 4.79 Å². The fourth-order valence-electron chi connectivity index (χ4n) is 0.836. The number of carbonyl (C=O) groups excluding carboxylic acids is 1. The summed E-state index contributed by atoms with van der Waals surface area (Å²) in [6.07, 6.45) is 3.05. The number of halogens is 1. The number of carbonyl (C=O) groups is 1. The Hall–Kier alpha value is -1.93. The zero-order valence-electron chi connectivity index (χ0n) is 7.44. The van der Waals surface area contributed by atoms with Crippen LogP contribution in [-0.4, -0.2) is 16.2 Å². The van der Waals surface area contributed by atoms with Gasteiger partial charge >= 0.3 is 5.69 Å². The lowest BCUT2D eigenvalue weighted by Gasteiger charge is -1.95. The highest BCUT2D eigenvalue weighted by molar-refractivity contribution is 6.33. The summed E-state index contributed by atoms with van der Waals surface area (Å²) in [4.78, 5) is 23.5. The molecule has 0 aromatic carbocycles. The molecule has 0 spiro atoms. The lowest BCUT2D eigenvalue weighted by molar-refractivity contribution is -0.385. The Bertz CT molecular complexity index is 462. The number of aromatic nitrogens is 1. The first-order valence-electron chi connectivity index (χ1n) is 3.87. The smallest absolute Gasteiger partial charge is 0.302 e. The molecular formula is C9H5ClN2O3. The van der Waals surface area contributed by atoms with Crippen LogP contribution in [0.2, 0.25) is 5.02 Å². The van der Waals surface area contributed by atoms with E-state index in [0.29, 0.717) is 6.29 Å². The van der Waals surface area contributed by atoms with Gasteiger partial charge in [0.2, 0.25) is 0 Å². The topological polar surface area (TPSA) is 73.1 Å². The molecule has 1 rings (SSSR count). The Kier molecular flexibility index (Phi) is 3.77. The molecule has 0 saturated carbocycles. The second kappa shape index (κ2) is 5.08. The van der Waals surface area contributed by atoms with E-state index in [1.165, 1.54) is 6.20 Å². The maximum atomic E-state index is 10.5. The highest BCUT2D eigenvalue weighted by Gasteiger charge is 2.14. The quantitative estimate of drug-likeness (QED) is 0.331. The lowest BCUT2D eigenvalue weighted by Crippen LogP contribution is -1.92. The molecule has 1 aromatic rings. The first kappa shape index (κ1) is 11.1. The summed E-state index contributed by atoms with van der Waals surface area (Å²) in [6, 6.07) is 0. The van der Waals surface area contributed by atoms with Gasteiger partial charge in [0.15, 0.2) is 0 Å². The molecule has 0 saturated heterocycles. The zero-order chi connectivity index (χ0) is 11.3. The summed E-state index contributed by atoms with van der Waals surface area (Å²) in [5.41, 5.74) is -0.0534. The van der Waals surface area contributed by atoms with Crippen molar-refractivity contribution in [3.63, 3.8) is 0 Å². The van der Waals surface area contributed by atoms with Gasteiger partial charge in [-0.2, -0.15) is 0 Å². The molecule has 0 unspecified atom stereocenters. The minimum absolute atomic E-state index is 0.0546. The van der Waals surface area contributed by atoms with Crippen molar-refractivity contribution in [3.05, 3.63) is 33.1 Å². The van der Waals surface area contributed by atoms with Crippen molar-refractivity contribution < 1.29 is 9.72 Å². The molecule has 0 radical (unpaired) electrons. The van der Waals surface area contributed by atoms with E-state index >= 15 is 0 Å². The number of nitro groups is 1. The molecule has 0 amide bonds. The highest BCUT2D eigenvalue weighted by atomic mass is 35.5. The van der Waals surface area contributed by atoms with Crippen LogP contribution in [0.1, 0.15) is 12.0 Å². The molecule has 0 aliphatic rings. The highest BCUT2D eigenvalue weighted by Crippen LogP contribution is 2.25. The second-order valence-electron chi connectivity index (χ2n) is 2.45. The average molecular weight is 225 g/mol. The van der Waals surface area contributed by atoms with Gasteiger partial charge in [-0.1, -0.05) is 23.4 Å². The van der Waals surface area contributed by atoms with Crippen LogP contribution in [0.15, 0.2) is 12.4 Å². The number of nitrogens with zero attached hydrogens (tertiary/aromatic N) is 2. The Labute approximate surface area is 90.2 Å². The third-order valence-corrected chi connectivity index (χ3v) is 1.86. The van der Waals surface area contributed by atoms with Gasteiger partial charge in [0.25, 0.3) is 0 Å². The van der Waals surface area contributed by atoms with Crippen LogP contribution in [0, 0.1) is 22.0 Å². The van der Waals surface area contributed by atoms with Gasteiger partial charge in [-0.15, -0.1) is 0 Å². The minimum Gasteiger partial charge on any atom is -0.302 e. The third kappa shape index (κ3) is 2.76. The molecular weight excluding hydrogens is 220 g/mol. The predicted molar refractivity (Wildman–Crippen MR) is 53.5 cm³/mol. The molecule has 1 heterocycles. The van der Waals surface area contributed by atoms with Gasteiger partial charge in [-0.05, 0) is 0 Å². The monoisotopic (exact) mass is 224 g/mol. The van der Waals surface area contributed by atoms with Crippen LogP contribution < -0.4 is 0 Å². The Morgan fingerprint density at radius 1 is 1.60 bits per heavy atom. The SMILES string of the molecule is O=CCC#Cc1cncc([N+](=O)[O-])c1Cl. The van der Waals surface area contributed by atoms with Gasteiger partial charge in [0.05, 0.1) is 16.9 Å². The summed E-state index contributed by atoms with van der Waals surface area (Å²) in [7, 11) is 0. The number of pyridine rings is 1. The van der Waals surface area contributed by atoms with E-state index in [1.54, 1.807) is 0 Å². The molecule has 0 bridgehead atoms. The average Bonchev–Trinajstić information content (AvgIpc) is 2.20. The first-order chi connectivity index (χ1) is 7.16. The van der Waals surface area contributed by atoms with Gasteiger partial charge in [0, 0.05) is 6.20 Å². The Morgan fingerprint density at radius 2 is 2.33 bits per heavy atom. The van der Waals surface area contributed by atoms with Crippen molar-refractivity contribution in [1.82, 2.24) is 4.98 Å². The molecule has 0 aliphatic carbocycles. The van der Waals surface area contributed by atoms with E-state index in [9.17, 15) is 14.9 Å². The van der Waals surface area contributed by atoms with Crippen molar-refractivity contribution in [2.24, 2.45) is 0 Å². The van der Waals surface area contributed by atoms with Gasteiger partial charge in [-0.3, -0.25) is 15.1 Å². The molecule has 6 heteroatoms. The van der Waals surface area contributed by atoms with Crippen molar-refractivity contribution >= 4 is 23.6 Å². The number of hydrogen-bond donors (Lipinski definition) is 0. The largest absolute Gasteiger partial charge is 0.307 e. The number of hydrogen-bond acceptors (Lipinski definition) is 4. The van der Waals surface area contributed by atoms with E-state index in [0.717, 1.165) is 6.20 Å². The minimum atomic E-state index is -0.639. The van der Waals surface area contributed by atoms with E-state index in [4.69, 9.17) is 11.6 Å². The molecule has 0 N–H and O–H groups in total. The molecule has 0 fully saturated rings. The van der Waals surface area contributed by atoms with E-state index < -0.39 is 4.92 Å². The Morgan fingerprint density at radius 3 is 2.93 bits per heavy atom. The zero-order valence-corrected chi connectivity index (χ0v) is 8.19. The summed E-state index contributed by atoms with van der Waals surface area (Å²) in [5, 5.41) is 10.4. The number of aldehydes is 1. The van der Waals surface area contributed by atoms with Crippen LogP contribution in [0.4, 0.5) is 5.69 Å². The standard InChI is InChI=1S/C9H5ClN2O3/c10-9-7(3-1-2-4-13)5-11-6-8(9)12(14)15/h4-6H,2H2. The van der Waals surface area contributed by atoms with Crippen molar-refractivity contribution in [2.75, 3.05) is 0 Å². The summed E-state index contributed by atoms with van der Waals surface area (Å²) in [5.74, 6) is 5.02. The van der Waals surface area contributed by atoms with Crippen LogP contribution in [0.3, 0.4) is 0 Å². The van der Waals surface area contributed by atoms with Crippen molar-refractivity contribution in [3.8, 4) is 11.8 Å². The maximum absolute atomic E-state index is 10.5. The first-order valence-corrected chi connectivity index (χ1v) is 4.25. The molecule has 5 nitrogen and oxygen atoms in total. The fourth-order valence-corrected chi connectivity index (χ4v) is 1.05. The summed E-state index contributed by atoms with van der Waals surface area (Å²) >= 11 is 5.71. The summed E-state index contributed by atoms with van der Waals surface area (Å²) < 4.78 is 0. The van der Waals surface area contributed by atoms with Crippen molar-refractivity contribution in [1.29, 1.82) is 0 Å². The van der Waals surface area contributed by atoms with E-state index in [1.807, 2.05) is 0 Å². The number of rotatable bonds is 2. The van der Waals surface area contributed by atoms with E-state index in [2.05, 4.69) is 16.8 Å². The molecule has 15 heavy (non-hydrogen) atoms. The van der Waals surface area contributed by atoms with Crippen LogP contribution in [0.25, 0.3) is 0 Å². The van der Waals surface area contributed by atoms with E-state index in [-0.39, 0.29) is 22.7 Å². The molecule has 0 atom stereocenters. The fraction of sp³-hybridized carbons (Fsp3) is 0.111. The Balaban J connectivity index is 3.11. The third-order valence-electron chi connectivity index (χ3n) is 1.47. The maximum Gasteiger partial charge on any atom is 0.307 e. The predicted octanol–water partition coefficient (Wildman–Crippen LogP) is 1.58. The van der Waals surface area contributed by atoms with Crippen LogP contribution >= 0.6 is 11.6 Å². The molecule has 76 valence electrons. The van der Waals surface area contributed by atoms with Gasteiger partial charge in [0.1, 0.15) is 17.5 Å². The van der Waals surface area contributed by atoms with Crippen molar-refractivity contribution in [2.45, 2.75) is 6.42 Å². The lowest BCUT2D eigenvalue weighted by atomic mass is 10.2. The summed E-state index contributed by atoms with van der Waals surface area (Å²) in [6.45, 7) is 0. The van der Waals surface area contributed by atoms with Gasteiger partial charge in [-0.25, -0.2) is 0 Å². The van der Waals surface area contributed by atoms with Gasteiger partial charge < -0.3 is 4.79 Å². The molecule has 0 aliphatic heterocycles.